The SMILES string of the molecule is CC(=O)CNC1(c2ccccc2)CCN(C[C@@H]2C[C@@]2(C(=O)NCCc2ccc(F)cc2)c2ccccc2)CC1. The average molecular weight is 528 g/mol. The Morgan fingerprint density at radius 3 is 2.13 bits per heavy atom. The van der Waals surface area contributed by atoms with Crippen molar-refractivity contribution in [2.45, 2.75) is 43.6 Å². The van der Waals surface area contributed by atoms with Crippen LogP contribution >= 0.6 is 0 Å². The molecule has 6 heteroatoms. The Morgan fingerprint density at radius 2 is 1.51 bits per heavy atom. The monoisotopic (exact) mass is 527 g/mol. The summed E-state index contributed by atoms with van der Waals surface area (Å²) in [6, 6.07) is 27.1. The highest BCUT2D eigenvalue weighted by atomic mass is 19.1. The lowest BCUT2D eigenvalue weighted by Crippen LogP contribution is -2.52. The summed E-state index contributed by atoms with van der Waals surface area (Å²) in [5, 5.41) is 6.76. The number of ketones is 1. The van der Waals surface area contributed by atoms with Gasteiger partial charge in [0.15, 0.2) is 0 Å². The molecule has 2 aliphatic rings. The van der Waals surface area contributed by atoms with E-state index in [1.807, 2.05) is 24.3 Å². The molecule has 2 N–H and O–H groups in total. The number of hydrogen-bond donors (Lipinski definition) is 2. The molecule has 2 fully saturated rings. The lowest BCUT2D eigenvalue weighted by molar-refractivity contribution is -0.124. The number of Topliss-reactive ketones (excluding diaryl/α,β-unsaturated/α-hetero) is 1. The number of carbonyl (C=O) groups is 2. The zero-order valence-electron chi connectivity index (χ0n) is 22.7. The normalized spacial score (nSPS) is 22.3. The molecule has 204 valence electrons. The van der Waals surface area contributed by atoms with Gasteiger partial charge in [-0.3, -0.25) is 9.59 Å². The first kappa shape index (κ1) is 27.2. The molecule has 3 aromatic carbocycles. The van der Waals surface area contributed by atoms with Crippen LogP contribution in [0.25, 0.3) is 0 Å². The van der Waals surface area contributed by atoms with Gasteiger partial charge in [-0.2, -0.15) is 0 Å². The van der Waals surface area contributed by atoms with Gasteiger partial charge in [0.25, 0.3) is 0 Å². The van der Waals surface area contributed by atoms with Crippen molar-refractivity contribution < 1.29 is 14.0 Å². The molecule has 1 saturated carbocycles. The van der Waals surface area contributed by atoms with E-state index < -0.39 is 5.41 Å². The van der Waals surface area contributed by atoms with Crippen molar-refractivity contribution in [1.82, 2.24) is 15.5 Å². The van der Waals surface area contributed by atoms with Crippen molar-refractivity contribution in [3.63, 3.8) is 0 Å². The van der Waals surface area contributed by atoms with Crippen LogP contribution < -0.4 is 10.6 Å². The van der Waals surface area contributed by atoms with Crippen LogP contribution in [0, 0.1) is 11.7 Å². The minimum atomic E-state index is -0.509. The zero-order valence-corrected chi connectivity index (χ0v) is 22.7. The molecule has 0 spiro atoms. The van der Waals surface area contributed by atoms with E-state index in [0.717, 1.165) is 50.0 Å². The Hall–Kier alpha value is -3.35. The van der Waals surface area contributed by atoms with Gasteiger partial charge < -0.3 is 15.5 Å². The summed E-state index contributed by atoms with van der Waals surface area (Å²) in [4.78, 5) is 27.9. The zero-order chi connectivity index (χ0) is 27.3. The number of rotatable bonds is 11. The summed E-state index contributed by atoms with van der Waals surface area (Å²) in [7, 11) is 0. The van der Waals surface area contributed by atoms with Crippen molar-refractivity contribution in [3.8, 4) is 0 Å². The number of benzene rings is 3. The minimum Gasteiger partial charge on any atom is -0.355 e. The molecule has 0 radical (unpaired) electrons. The second kappa shape index (κ2) is 11.8. The van der Waals surface area contributed by atoms with Crippen LogP contribution in [0.2, 0.25) is 0 Å². The van der Waals surface area contributed by atoms with E-state index in [1.165, 1.54) is 17.7 Å². The van der Waals surface area contributed by atoms with Gasteiger partial charge in [0.2, 0.25) is 5.91 Å². The van der Waals surface area contributed by atoms with E-state index in [1.54, 1.807) is 19.1 Å². The third-order valence-electron chi connectivity index (χ3n) is 8.60. The van der Waals surface area contributed by atoms with Gasteiger partial charge in [0.05, 0.1) is 12.0 Å². The topological polar surface area (TPSA) is 61.4 Å². The first-order chi connectivity index (χ1) is 18.9. The van der Waals surface area contributed by atoms with Crippen LogP contribution in [0.5, 0.6) is 0 Å². The molecule has 5 rings (SSSR count). The van der Waals surface area contributed by atoms with Crippen LogP contribution in [-0.2, 0) is 27.0 Å². The second-order valence-electron chi connectivity index (χ2n) is 11.2. The summed E-state index contributed by atoms with van der Waals surface area (Å²) < 4.78 is 13.2. The first-order valence-corrected chi connectivity index (χ1v) is 14.0. The molecule has 1 amide bonds. The number of hydrogen-bond acceptors (Lipinski definition) is 4. The molecular formula is C33H38FN3O2. The van der Waals surface area contributed by atoms with Gasteiger partial charge in [-0.05, 0) is 67.3 Å². The van der Waals surface area contributed by atoms with Crippen LogP contribution in [0.4, 0.5) is 4.39 Å². The maximum Gasteiger partial charge on any atom is 0.231 e. The van der Waals surface area contributed by atoms with Gasteiger partial charge >= 0.3 is 0 Å². The molecular weight excluding hydrogens is 489 g/mol. The van der Waals surface area contributed by atoms with E-state index in [-0.39, 0.29) is 29.0 Å². The van der Waals surface area contributed by atoms with Crippen molar-refractivity contribution in [3.05, 3.63) is 107 Å². The molecule has 3 aromatic rings. The van der Waals surface area contributed by atoms with Crippen LogP contribution in [0.15, 0.2) is 84.9 Å². The summed E-state index contributed by atoms with van der Waals surface area (Å²) >= 11 is 0. The number of amides is 1. The van der Waals surface area contributed by atoms with E-state index in [2.05, 4.69) is 51.9 Å². The van der Waals surface area contributed by atoms with E-state index in [0.29, 0.717) is 19.5 Å². The summed E-state index contributed by atoms with van der Waals surface area (Å²) in [6.45, 7) is 5.21. The fraction of sp³-hybridized carbons (Fsp3) is 0.394. The Bertz CT molecular complexity index is 1260. The molecule has 1 saturated heterocycles. The van der Waals surface area contributed by atoms with E-state index >= 15 is 0 Å². The van der Waals surface area contributed by atoms with Crippen molar-refractivity contribution in [1.29, 1.82) is 0 Å². The fourth-order valence-corrected chi connectivity index (χ4v) is 6.22. The largest absolute Gasteiger partial charge is 0.355 e. The van der Waals surface area contributed by atoms with Crippen LogP contribution in [0.1, 0.15) is 42.9 Å². The third kappa shape index (κ3) is 6.13. The molecule has 1 aliphatic carbocycles. The van der Waals surface area contributed by atoms with Gasteiger partial charge in [0, 0.05) is 31.7 Å². The van der Waals surface area contributed by atoms with E-state index in [4.69, 9.17) is 0 Å². The summed E-state index contributed by atoms with van der Waals surface area (Å²) in [6.07, 6.45) is 3.34. The van der Waals surface area contributed by atoms with Crippen LogP contribution in [0.3, 0.4) is 0 Å². The molecule has 2 atom stereocenters. The predicted octanol–water partition coefficient (Wildman–Crippen LogP) is 4.61. The van der Waals surface area contributed by atoms with Gasteiger partial charge in [0.1, 0.15) is 11.6 Å². The number of nitrogens with one attached hydrogen (secondary N) is 2. The lowest BCUT2D eigenvalue weighted by atomic mass is 9.80. The molecule has 5 nitrogen and oxygen atoms in total. The van der Waals surface area contributed by atoms with Crippen molar-refractivity contribution in [2.75, 3.05) is 32.7 Å². The lowest BCUT2D eigenvalue weighted by Gasteiger charge is -2.43. The standard InChI is InChI=1S/C33H38FN3O2/c1-25(38)23-36-32(27-8-4-2-5-9-27)17-20-37(21-18-32)24-29-22-33(29,28-10-6-3-7-11-28)31(39)35-19-16-26-12-14-30(34)15-13-26/h2-15,29,36H,16-24H2,1H3,(H,35,39)/t29-,33+/m0/s1. The Kier molecular flexibility index (Phi) is 8.24. The maximum absolute atomic E-state index is 13.6. The molecule has 0 bridgehead atoms. The van der Waals surface area contributed by atoms with Gasteiger partial charge in [-0.15, -0.1) is 0 Å². The number of likely N-dealkylation sites (tertiary alicyclic amines) is 1. The van der Waals surface area contributed by atoms with E-state index in [9.17, 15) is 14.0 Å². The Morgan fingerprint density at radius 1 is 0.897 bits per heavy atom. The third-order valence-corrected chi connectivity index (χ3v) is 8.60. The Balaban J connectivity index is 1.23. The molecule has 39 heavy (non-hydrogen) atoms. The smallest absolute Gasteiger partial charge is 0.231 e. The molecule has 1 heterocycles. The van der Waals surface area contributed by atoms with Gasteiger partial charge in [-0.25, -0.2) is 4.39 Å². The van der Waals surface area contributed by atoms with Gasteiger partial charge in [-0.1, -0.05) is 72.8 Å². The number of carbonyl (C=O) groups excluding carboxylic acids is 2. The summed E-state index contributed by atoms with van der Waals surface area (Å²) in [5.41, 5.74) is 2.60. The second-order valence-corrected chi connectivity index (χ2v) is 11.2. The Labute approximate surface area is 230 Å². The highest BCUT2D eigenvalue weighted by Gasteiger charge is 2.61. The van der Waals surface area contributed by atoms with Crippen molar-refractivity contribution in [2.24, 2.45) is 5.92 Å². The predicted molar refractivity (Wildman–Crippen MR) is 152 cm³/mol. The summed E-state index contributed by atoms with van der Waals surface area (Å²) in [5.74, 6) is 0.225. The number of nitrogens with zero attached hydrogens (tertiary/aromatic N) is 1. The molecule has 0 unspecified atom stereocenters. The number of halogens is 1. The highest BCUT2D eigenvalue weighted by molar-refractivity contribution is 5.92. The fourth-order valence-electron chi connectivity index (χ4n) is 6.22. The van der Waals surface area contributed by atoms with Crippen molar-refractivity contribution >= 4 is 11.7 Å². The maximum atomic E-state index is 13.6. The minimum absolute atomic E-state index is 0.0829. The first-order valence-electron chi connectivity index (χ1n) is 14.0. The highest BCUT2D eigenvalue weighted by Crippen LogP contribution is 2.55. The quantitative estimate of drug-likeness (QED) is 0.382. The molecule has 0 aromatic heterocycles. The van der Waals surface area contributed by atoms with Crippen LogP contribution in [-0.4, -0.2) is 49.3 Å². The molecule has 1 aliphatic heterocycles. The number of piperidine rings is 1. The average Bonchev–Trinajstić information content (AvgIpc) is 3.69.